The van der Waals surface area contributed by atoms with Crippen LogP contribution < -0.4 is 0 Å². The van der Waals surface area contributed by atoms with Gasteiger partial charge in [0, 0.05) is 0 Å². The van der Waals surface area contributed by atoms with Gasteiger partial charge in [0.25, 0.3) is 0 Å². The number of ether oxygens (including phenoxy) is 5. The van der Waals surface area contributed by atoms with Gasteiger partial charge in [-0.15, -0.1) is 0 Å². The fourth-order valence-electron chi connectivity index (χ4n) is 5.90. The Morgan fingerprint density at radius 1 is 0.646 bits per heavy atom. The molecule has 0 aromatic heterocycles. The molecule has 4 aromatic rings. The van der Waals surface area contributed by atoms with Gasteiger partial charge in [-0.1, -0.05) is 0 Å². The van der Waals surface area contributed by atoms with E-state index in [2.05, 4.69) is 0 Å². The standard InChI is InChI=1S/C37H40O9SSe/c38-47(39,40)46-32-24-44-37(31-19-11-4-12-20-31)45-33(32)25-48-26-34(41-21-28-13-5-1-6-14-28)36(43-23-30-17-9-3-10-18-30)35(27-48)42-22-29-15-7-2-8-16-29/h1-20,32-37H,21-27H2. The van der Waals surface area contributed by atoms with Crippen LogP contribution in [0.1, 0.15) is 28.5 Å². The first-order chi connectivity index (χ1) is 23.4. The average Bonchev–Trinajstić information content (AvgIpc) is 3.11. The van der Waals surface area contributed by atoms with Gasteiger partial charge in [0.15, 0.2) is 0 Å². The summed E-state index contributed by atoms with van der Waals surface area (Å²) in [6.45, 7) is 1.14. The number of rotatable bonds is 14. The van der Waals surface area contributed by atoms with Crippen LogP contribution in [0.15, 0.2) is 121 Å². The van der Waals surface area contributed by atoms with Crippen LogP contribution in [0.2, 0.25) is 16.0 Å². The van der Waals surface area contributed by atoms with Gasteiger partial charge in [0.2, 0.25) is 0 Å². The molecular formula is C37H40O9SSe. The van der Waals surface area contributed by atoms with Crippen LogP contribution in [-0.4, -0.2) is 64.0 Å². The van der Waals surface area contributed by atoms with Gasteiger partial charge in [-0.3, -0.25) is 0 Å². The van der Waals surface area contributed by atoms with Gasteiger partial charge in [0.1, 0.15) is 0 Å². The normalized spacial score (nSPS) is 26.2. The summed E-state index contributed by atoms with van der Waals surface area (Å²) in [5, 5.41) is 1.98. The van der Waals surface area contributed by atoms with Crippen LogP contribution >= 0.6 is 0 Å². The van der Waals surface area contributed by atoms with Crippen molar-refractivity contribution >= 4 is 24.3 Å². The first-order valence-corrected chi connectivity index (χ1v) is 20.9. The fourth-order valence-corrected chi connectivity index (χ4v) is 12.0. The van der Waals surface area contributed by atoms with Crippen molar-refractivity contribution in [2.45, 2.75) is 72.6 Å². The summed E-state index contributed by atoms with van der Waals surface area (Å²) < 4.78 is 72.3. The molecule has 4 aromatic carbocycles. The third-order valence-corrected chi connectivity index (χ3v) is 13.8. The monoisotopic (exact) mass is 740 g/mol. The molecule has 0 N–H and O–H groups in total. The Bertz CT molecular complexity index is 1580. The second-order valence-electron chi connectivity index (χ2n) is 11.8. The minimum atomic E-state index is -4.99. The van der Waals surface area contributed by atoms with Crippen LogP contribution in [0.5, 0.6) is 0 Å². The van der Waals surface area contributed by atoms with Crippen LogP contribution in [0.25, 0.3) is 0 Å². The number of benzene rings is 4. The second kappa shape index (κ2) is 17.1. The van der Waals surface area contributed by atoms with Crippen molar-refractivity contribution in [2.24, 2.45) is 0 Å². The van der Waals surface area contributed by atoms with Crippen molar-refractivity contribution in [3.63, 3.8) is 0 Å². The number of hydrogen-bond acceptors (Lipinski definition) is 9. The summed E-state index contributed by atoms with van der Waals surface area (Å²) in [6, 6.07) is 39.5. The van der Waals surface area contributed by atoms with Crippen LogP contribution in [0.4, 0.5) is 0 Å². The Hall–Kier alpha value is -2.93. The average molecular weight is 740 g/mol. The van der Waals surface area contributed by atoms with Gasteiger partial charge >= 0.3 is 288 Å². The van der Waals surface area contributed by atoms with Crippen molar-refractivity contribution in [2.75, 3.05) is 6.61 Å². The molecule has 11 heteroatoms. The van der Waals surface area contributed by atoms with Gasteiger partial charge in [-0.25, -0.2) is 0 Å². The summed E-state index contributed by atoms with van der Waals surface area (Å²) in [5.74, 6) is 0. The Balaban J connectivity index is 1.25. The second-order valence-corrected chi connectivity index (χ2v) is 17.5. The molecule has 48 heavy (non-hydrogen) atoms. The Labute approximate surface area is 286 Å². The topological polar surface area (TPSA) is 113 Å². The zero-order valence-corrected chi connectivity index (χ0v) is 29.0. The van der Waals surface area contributed by atoms with E-state index in [0.29, 0.717) is 25.1 Å². The summed E-state index contributed by atoms with van der Waals surface area (Å²) in [7, 11) is -4.99. The molecule has 0 bridgehead atoms. The Morgan fingerprint density at radius 2 is 1.10 bits per heavy atom. The first kappa shape index (κ1) is 34.9. The maximum absolute atomic E-state index is 11.7. The number of hydrogen-bond donors (Lipinski definition) is 0. The SMILES string of the molecule is O=S(=O)([O-])OC1COC(c2ccccc2)OC1C[Se+]1CC(OCc2ccccc2)C(OCc2ccccc2)C(OCc2ccccc2)C1. The quantitative estimate of drug-likeness (QED) is 0.0847. The van der Waals surface area contributed by atoms with E-state index in [1.807, 2.05) is 121 Å². The van der Waals surface area contributed by atoms with Crippen molar-refractivity contribution in [1.29, 1.82) is 0 Å². The predicted octanol–water partition coefficient (Wildman–Crippen LogP) is 6.21. The first-order valence-electron chi connectivity index (χ1n) is 16.0. The molecule has 2 fully saturated rings. The third-order valence-electron chi connectivity index (χ3n) is 8.27. The zero-order chi connectivity index (χ0) is 33.2. The molecule has 6 rings (SSSR count). The van der Waals surface area contributed by atoms with E-state index >= 15 is 0 Å². The van der Waals surface area contributed by atoms with Gasteiger partial charge < -0.3 is 0 Å². The van der Waals surface area contributed by atoms with Crippen LogP contribution in [0, 0.1) is 0 Å². The van der Waals surface area contributed by atoms with Crippen LogP contribution in [-0.2, 0) is 58.1 Å². The predicted molar refractivity (Wildman–Crippen MR) is 180 cm³/mol. The molecule has 5 unspecified atom stereocenters. The van der Waals surface area contributed by atoms with E-state index in [-0.39, 0.29) is 24.9 Å². The van der Waals surface area contributed by atoms with Gasteiger partial charge in [0.05, 0.1) is 0 Å². The van der Waals surface area contributed by atoms with Crippen LogP contribution in [0.3, 0.4) is 0 Å². The van der Waals surface area contributed by atoms with E-state index in [9.17, 15) is 13.0 Å². The summed E-state index contributed by atoms with van der Waals surface area (Å²) in [6.07, 6.45) is -3.38. The maximum atomic E-state index is 11.7. The molecule has 0 spiro atoms. The Kier molecular flexibility index (Phi) is 12.5. The van der Waals surface area contributed by atoms with Crippen molar-refractivity contribution < 1.29 is 40.8 Å². The molecule has 5 atom stereocenters. The van der Waals surface area contributed by atoms with E-state index in [1.54, 1.807) is 0 Å². The van der Waals surface area contributed by atoms with E-state index in [1.165, 1.54) is 0 Å². The molecular weight excluding hydrogens is 699 g/mol. The van der Waals surface area contributed by atoms with Crippen molar-refractivity contribution in [3.05, 3.63) is 144 Å². The van der Waals surface area contributed by atoms with E-state index in [4.69, 9.17) is 27.9 Å². The third kappa shape index (κ3) is 10.3. The van der Waals surface area contributed by atoms with Crippen molar-refractivity contribution in [1.82, 2.24) is 0 Å². The molecule has 0 saturated carbocycles. The molecule has 0 amide bonds. The summed E-state index contributed by atoms with van der Waals surface area (Å²) in [5.41, 5.74) is 3.96. The van der Waals surface area contributed by atoms with Gasteiger partial charge in [-0.05, 0) is 0 Å². The molecule has 2 aliphatic rings. The molecule has 2 heterocycles. The molecule has 254 valence electrons. The van der Waals surface area contributed by atoms with E-state index in [0.717, 1.165) is 32.9 Å². The summed E-state index contributed by atoms with van der Waals surface area (Å²) >= 11 is -1.64. The molecule has 0 radical (unpaired) electrons. The van der Waals surface area contributed by atoms with Gasteiger partial charge in [-0.2, -0.15) is 0 Å². The van der Waals surface area contributed by atoms with E-state index < -0.39 is 42.8 Å². The molecule has 2 saturated heterocycles. The Morgan fingerprint density at radius 3 is 1.58 bits per heavy atom. The zero-order valence-electron chi connectivity index (χ0n) is 26.5. The fraction of sp³-hybridized carbons (Fsp3) is 0.351. The minimum absolute atomic E-state index is 0.0880. The molecule has 0 aliphatic carbocycles. The van der Waals surface area contributed by atoms with Crippen molar-refractivity contribution in [3.8, 4) is 0 Å². The molecule has 2 aliphatic heterocycles. The molecule has 9 nitrogen and oxygen atoms in total. The summed E-state index contributed by atoms with van der Waals surface area (Å²) in [4.78, 5) is 0.